The van der Waals surface area contributed by atoms with Crippen molar-refractivity contribution in [1.82, 2.24) is 0 Å². The molecule has 2 aromatic carbocycles. The number of halogens is 6. The van der Waals surface area contributed by atoms with Gasteiger partial charge in [-0.15, -0.1) is 0 Å². The highest BCUT2D eigenvalue weighted by atomic mass is 32.1. The third-order valence-corrected chi connectivity index (χ3v) is 2.77. The van der Waals surface area contributed by atoms with Gasteiger partial charge in [0, 0.05) is 0 Å². The van der Waals surface area contributed by atoms with Crippen LogP contribution in [0.25, 0.3) is 0 Å². The number of hydrogen-bond acceptors (Lipinski definition) is 1. The van der Waals surface area contributed by atoms with Gasteiger partial charge in [0.2, 0.25) is 5.82 Å². The van der Waals surface area contributed by atoms with Crippen molar-refractivity contribution in [3.05, 3.63) is 59.2 Å². The molecule has 0 aliphatic heterocycles. The predicted molar refractivity (Wildman–Crippen MR) is 72.5 cm³/mol. The van der Waals surface area contributed by atoms with Gasteiger partial charge < -0.3 is 10.6 Å². The van der Waals surface area contributed by atoms with E-state index < -0.39 is 45.7 Å². The van der Waals surface area contributed by atoms with Gasteiger partial charge in [-0.3, -0.25) is 0 Å². The number of hydrogen-bond donors (Lipinski definition) is 2. The molecule has 0 unspecified atom stereocenters. The first-order chi connectivity index (χ1) is 10.3. The highest BCUT2D eigenvalue weighted by Crippen LogP contribution is 2.27. The second kappa shape index (κ2) is 6.22. The predicted octanol–water partition coefficient (Wildman–Crippen LogP) is 4.33. The summed E-state index contributed by atoms with van der Waals surface area (Å²) < 4.78 is 79.2. The Hall–Kier alpha value is -2.29. The third-order valence-electron chi connectivity index (χ3n) is 2.57. The summed E-state index contributed by atoms with van der Waals surface area (Å²) in [6, 6.07) is 5.19. The Balaban J connectivity index is 2.28. The van der Waals surface area contributed by atoms with E-state index in [-0.39, 0.29) is 5.69 Å². The molecule has 0 heterocycles. The number of benzene rings is 2. The minimum atomic E-state index is -2.28. The Labute approximate surface area is 125 Å². The smallest absolute Gasteiger partial charge is 0.200 e. The Morgan fingerprint density at radius 2 is 1.23 bits per heavy atom. The number of para-hydroxylation sites is 1. The average Bonchev–Trinajstić information content (AvgIpc) is 2.50. The van der Waals surface area contributed by atoms with Crippen molar-refractivity contribution in [3.63, 3.8) is 0 Å². The van der Waals surface area contributed by atoms with Crippen LogP contribution in [0.1, 0.15) is 0 Å². The summed E-state index contributed by atoms with van der Waals surface area (Å²) in [5, 5.41) is 3.51. The second-order valence-electron chi connectivity index (χ2n) is 4.00. The quantitative estimate of drug-likeness (QED) is 0.369. The molecule has 0 atom stereocenters. The van der Waals surface area contributed by atoms with E-state index in [1.807, 2.05) is 5.32 Å². The van der Waals surface area contributed by atoms with Crippen molar-refractivity contribution < 1.29 is 26.3 Å². The first-order valence-electron chi connectivity index (χ1n) is 5.67. The maximum Gasteiger partial charge on any atom is 0.200 e. The summed E-state index contributed by atoms with van der Waals surface area (Å²) in [7, 11) is 0. The van der Waals surface area contributed by atoms with Crippen LogP contribution < -0.4 is 10.6 Å². The molecule has 0 bridgehead atoms. The number of anilines is 2. The SMILES string of the molecule is Fc1ccccc1NC(=S)Nc1c(F)c(F)c(F)c(F)c1F. The summed E-state index contributed by atoms with van der Waals surface area (Å²) in [6.07, 6.45) is 0. The van der Waals surface area contributed by atoms with Gasteiger partial charge in [0.25, 0.3) is 0 Å². The van der Waals surface area contributed by atoms with Crippen LogP contribution in [-0.2, 0) is 0 Å². The minimum Gasteiger partial charge on any atom is -0.330 e. The van der Waals surface area contributed by atoms with Crippen molar-refractivity contribution in [1.29, 1.82) is 0 Å². The fourth-order valence-corrected chi connectivity index (χ4v) is 1.76. The van der Waals surface area contributed by atoms with E-state index >= 15 is 0 Å². The summed E-state index contributed by atoms with van der Waals surface area (Å²) in [6.45, 7) is 0. The van der Waals surface area contributed by atoms with Gasteiger partial charge in [-0.25, -0.2) is 26.3 Å². The average molecular weight is 336 g/mol. The van der Waals surface area contributed by atoms with Crippen molar-refractivity contribution in [2.24, 2.45) is 0 Å². The van der Waals surface area contributed by atoms with Crippen LogP contribution in [0.2, 0.25) is 0 Å². The van der Waals surface area contributed by atoms with E-state index in [9.17, 15) is 26.3 Å². The molecule has 2 aromatic rings. The Bertz CT molecular complexity index is 721. The van der Waals surface area contributed by atoms with E-state index in [0.717, 1.165) is 6.07 Å². The van der Waals surface area contributed by atoms with E-state index in [4.69, 9.17) is 0 Å². The van der Waals surface area contributed by atoms with Crippen LogP contribution in [0.4, 0.5) is 37.7 Å². The lowest BCUT2D eigenvalue weighted by Crippen LogP contribution is -2.22. The van der Waals surface area contributed by atoms with Gasteiger partial charge in [0.05, 0.1) is 5.69 Å². The van der Waals surface area contributed by atoms with Crippen LogP contribution in [0.5, 0.6) is 0 Å². The molecule has 0 saturated heterocycles. The molecular formula is C13H6F6N2S. The number of nitrogens with one attached hydrogen (secondary N) is 2. The van der Waals surface area contributed by atoms with E-state index in [1.54, 1.807) is 0 Å². The van der Waals surface area contributed by atoms with Crippen LogP contribution >= 0.6 is 12.2 Å². The van der Waals surface area contributed by atoms with Gasteiger partial charge in [-0.2, -0.15) is 0 Å². The lowest BCUT2D eigenvalue weighted by atomic mass is 10.2. The summed E-state index contributed by atoms with van der Waals surface area (Å²) in [5.74, 6) is -11.4. The van der Waals surface area contributed by atoms with Gasteiger partial charge in [0.1, 0.15) is 11.5 Å². The zero-order valence-corrected chi connectivity index (χ0v) is 11.3. The summed E-state index contributed by atoms with van der Waals surface area (Å²) >= 11 is 4.66. The zero-order chi connectivity index (χ0) is 16.4. The molecule has 2 rings (SSSR count). The van der Waals surface area contributed by atoms with Crippen molar-refractivity contribution in [3.8, 4) is 0 Å². The molecule has 0 aromatic heterocycles. The number of rotatable bonds is 2. The van der Waals surface area contributed by atoms with Gasteiger partial charge in [-0.1, -0.05) is 12.1 Å². The normalized spacial score (nSPS) is 10.5. The largest absolute Gasteiger partial charge is 0.330 e. The molecule has 22 heavy (non-hydrogen) atoms. The minimum absolute atomic E-state index is 0.135. The molecular weight excluding hydrogens is 330 g/mol. The number of thiocarbonyl (C=S) groups is 1. The molecule has 0 aliphatic carbocycles. The fourth-order valence-electron chi connectivity index (χ4n) is 1.54. The Morgan fingerprint density at radius 1 is 0.727 bits per heavy atom. The topological polar surface area (TPSA) is 24.1 Å². The maximum absolute atomic E-state index is 13.4. The lowest BCUT2D eigenvalue weighted by Gasteiger charge is -2.13. The fraction of sp³-hybridized carbons (Fsp3) is 0. The van der Waals surface area contributed by atoms with Crippen molar-refractivity contribution in [2.45, 2.75) is 0 Å². The van der Waals surface area contributed by atoms with Crippen LogP contribution in [-0.4, -0.2) is 5.11 Å². The van der Waals surface area contributed by atoms with Crippen LogP contribution in [0, 0.1) is 34.9 Å². The molecule has 0 radical (unpaired) electrons. The van der Waals surface area contributed by atoms with E-state index in [0.29, 0.717) is 0 Å². The molecule has 0 amide bonds. The lowest BCUT2D eigenvalue weighted by molar-refractivity contribution is 0.382. The van der Waals surface area contributed by atoms with Crippen LogP contribution in [0.15, 0.2) is 24.3 Å². The molecule has 2 N–H and O–H groups in total. The van der Waals surface area contributed by atoms with Gasteiger partial charge >= 0.3 is 0 Å². The molecule has 116 valence electrons. The van der Waals surface area contributed by atoms with Gasteiger partial charge in [0.15, 0.2) is 28.4 Å². The Morgan fingerprint density at radius 3 is 1.77 bits per heavy atom. The third kappa shape index (κ3) is 2.98. The molecule has 0 aliphatic rings. The second-order valence-corrected chi connectivity index (χ2v) is 4.41. The zero-order valence-electron chi connectivity index (χ0n) is 10.5. The first kappa shape index (κ1) is 16.1. The van der Waals surface area contributed by atoms with E-state index in [1.165, 1.54) is 18.2 Å². The highest BCUT2D eigenvalue weighted by Gasteiger charge is 2.26. The summed E-state index contributed by atoms with van der Waals surface area (Å²) in [4.78, 5) is 0. The summed E-state index contributed by atoms with van der Waals surface area (Å²) in [5.41, 5.74) is -1.46. The molecule has 0 saturated carbocycles. The highest BCUT2D eigenvalue weighted by molar-refractivity contribution is 7.80. The molecule has 0 fully saturated rings. The monoisotopic (exact) mass is 336 g/mol. The standard InChI is InChI=1S/C13H6F6N2S/c14-5-3-1-2-4-6(5)20-13(22)21-12-10(18)8(16)7(15)9(17)11(12)19/h1-4H,(H2,20,21,22). The van der Waals surface area contributed by atoms with Crippen LogP contribution in [0.3, 0.4) is 0 Å². The van der Waals surface area contributed by atoms with Crippen molar-refractivity contribution in [2.75, 3.05) is 10.6 Å². The van der Waals surface area contributed by atoms with Crippen molar-refractivity contribution >= 4 is 28.7 Å². The Kier molecular flexibility index (Phi) is 4.55. The molecule has 2 nitrogen and oxygen atoms in total. The van der Waals surface area contributed by atoms with Gasteiger partial charge in [-0.05, 0) is 24.4 Å². The first-order valence-corrected chi connectivity index (χ1v) is 6.07. The maximum atomic E-state index is 13.4. The molecule has 0 spiro atoms. The molecule has 9 heteroatoms. The van der Waals surface area contributed by atoms with E-state index in [2.05, 4.69) is 17.5 Å².